The summed E-state index contributed by atoms with van der Waals surface area (Å²) in [6, 6.07) is 12.6. The van der Waals surface area contributed by atoms with Crippen molar-refractivity contribution in [3.8, 4) is 0 Å². The number of nitrogens with zero attached hydrogens (tertiary/aromatic N) is 2. The van der Waals surface area contributed by atoms with E-state index in [2.05, 4.69) is 56.4 Å². The fraction of sp³-hybridized carbons (Fsp3) is 0.444. The number of benzene rings is 1. The second-order valence-electron chi connectivity index (χ2n) is 5.40. The van der Waals surface area contributed by atoms with E-state index in [1.807, 2.05) is 13.0 Å². The van der Waals surface area contributed by atoms with E-state index < -0.39 is 0 Å². The molecule has 1 aromatic carbocycles. The molecule has 1 N–H and O–H groups in total. The molecule has 0 aliphatic heterocycles. The minimum atomic E-state index is -0.114. The highest BCUT2D eigenvalue weighted by Crippen LogP contribution is 2.37. The van der Waals surface area contributed by atoms with E-state index >= 15 is 0 Å². The second kappa shape index (κ2) is 6.70. The third-order valence-electron chi connectivity index (χ3n) is 4.17. The normalized spacial score (nSPS) is 11.4. The zero-order valence-electron chi connectivity index (χ0n) is 13.5. The molecular formula is C18H25N3. The van der Waals surface area contributed by atoms with E-state index in [1.54, 1.807) is 0 Å². The maximum absolute atomic E-state index is 4.79. The molecule has 0 unspecified atom stereocenters. The van der Waals surface area contributed by atoms with Crippen LogP contribution in [0.4, 0.5) is 5.82 Å². The van der Waals surface area contributed by atoms with Crippen LogP contribution in [0.25, 0.3) is 0 Å². The summed E-state index contributed by atoms with van der Waals surface area (Å²) in [4.78, 5) is 9.55. The van der Waals surface area contributed by atoms with Crippen LogP contribution in [0.1, 0.15) is 50.7 Å². The van der Waals surface area contributed by atoms with Gasteiger partial charge in [0, 0.05) is 18.3 Å². The molecule has 0 radical (unpaired) electrons. The maximum atomic E-state index is 4.79. The number of rotatable bonds is 6. The number of nitrogens with one attached hydrogen (secondary N) is 1. The lowest BCUT2D eigenvalue weighted by Crippen LogP contribution is -2.29. The molecule has 112 valence electrons. The van der Waals surface area contributed by atoms with Gasteiger partial charge < -0.3 is 5.32 Å². The lowest BCUT2D eigenvalue weighted by Gasteiger charge is -2.31. The SMILES string of the molecule is CCNc1cc(C)nc(C(CC)(CC)c2ccccc2)n1. The van der Waals surface area contributed by atoms with E-state index in [0.717, 1.165) is 36.7 Å². The lowest BCUT2D eigenvalue weighted by molar-refractivity contribution is 0.448. The van der Waals surface area contributed by atoms with Crippen LogP contribution in [-0.4, -0.2) is 16.5 Å². The van der Waals surface area contributed by atoms with E-state index in [0.29, 0.717) is 0 Å². The van der Waals surface area contributed by atoms with Crippen LogP contribution in [0.15, 0.2) is 36.4 Å². The van der Waals surface area contributed by atoms with E-state index in [9.17, 15) is 0 Å². The standard InChI is InChI=1S/C18H25N3/c1-5-18(6-2,15-11-9-8-10-12-15)17-20-14(4)13-16(21-17)19-7-3/h8-13H,5-7H2,1-4H3,(H,19,20,21). The Morgan fingerprint density at radius 3 is 2.24 bits per heavy atom. The summed E-state index contributed by atoms with van der Waals surface area (Å²) < 4.78 is 0. The Hall–Kier alpha value is -1.90. The van der Waals surface area contributed by atoms with Gasteiger partial charge in [0.15, 0.2) is 0 Å². The van der Waals surface area contributed by atoms with Crippen LogP contribution in [0, 0.1) is 6.92 Å². The fourth-order valence-corrected chi connectivity index (χ4v) is 2.92. The molecule has 3 heteroatoms. The first kappa shape index (κ1) is 15.5. The minimum Gasteiger partial charge on any atom is -0.370 e. The van der Waals surface area contributed by atoms with Crippen LogP contribution in [0.5, 0.6) is 0 Å². The summed E-state index contributed by atoms with van der Waals surface area (Å²) in [5, 5.41) is 3.31. The van der Waals surface area contributed by atoms with Crippen molar-refractivity contribution in [3.63, 3.8) is 0 Å². The van der Waals surface area contributed by atoms with Crippen LogP contribution in [0.2, 0.25) is 0 Å². The Morgan fingerprint density at radius 1 is 1.00 bits per heavy atom. The summed E-state index contributed by atoms with van der Waals surface area (Å²) in [5.41, 5.74) is 2.19. The number of hydrogen-bond donors (Lipinski definition) is 1. The molecule has 2 aromatic rings. The zero-order chi connectivity index (χ0) is 15.3. The Kier molecular flexibility index (Phi) is 4.94. The minimum absolute atomic E-state index is 0.114. The van der Waals surface area contributed by atoms with E-state index in [4.69, 9.17) is 9.97 Å². The zero-order valence-corrected chi connectivity index (χ0v) is 13.5. The summed E-state index contributed by atoms with van der Waals surface area (Å²) >= 11 is 0. The van der Waals surface area contributed by atoms with Gasteiger partial charge >= 0.3 is 0 Å². The molecule has 21 heavy (non-hydrogen) atoms. The first-order chi connectivity index (χ1) is 10.2. The molecule has 0 aliphatic carbocycles. The first-order valence-corrected chi connectivity index (χ1v) is 7.81. The Bertz CT molecular complexity index is 574. The highest BCUT2D eigenvalue weighted by atomic mass is 15.0. The van der Waals surface area contributed by atoms with Crippen molar-refractivity contribution < 1.29 is 0 Å². The van der Waals surface area contributed by atoms with Crippen molar-refractivity contribution in [2.24, 2.45) is 0 Å². The van der Waals surface area contributed by atoms with Gasteiger partial charge in [0.25, 0.3) is 0 Å². The van der Waals surface area contributed by atoms with Crippen molar-refractivity contribution >= 4 is 5.82 Å². The molecule has 3 nitrogen and oxygen atoms in total. The summed E-state index contributed by atoms with van der Waals surface area (Å²) in [7, 11) is 0. The molecule has 0 spiro atoms. The van der Waals surface area contributed by atoms with Crippen LogP contribution in [0.3, 0.4) is 0 Å². The van der Waals surface area contributed by atoms with Crippen molar-refractivity contribution in [2.45, 2.75) is 46.0 Å². The van der Waals surface area contributed by atoms with E-state index in [1.165, 1.54) is 5.56 Å². The van der Waals surface area contributed by atoms with Gasteiger partial charge in [-0.15, -0.1) is 0 Å². The van der Waals surface area contributed by atoms with Crippen molar-refractivity contribution in [1.29, 1.82) is 0 Å². The first-order valence-electron chi connectivity index (χ1n) is 7.81. The summed E-state index contributed by atoms with van der Waals surface area (Å²) in [6.07, 6.45) is 1.98. The predicted octanol–water partition coefficient (Wildman–Crippen LogP) is 4.32. The largest absolute Gasteiger partial charge is 0.370 e. The van der Waals surface area contributed by atoms with Gasteiger partial charge in [0.05, 0.1) is 5.41 Å². The summed E-state index contributed by atoms with van der Waals surface area (Å²) in [6.45, 7) is 9.42. The lowest BCUT2D eigenvalue weighted by atomic mass is 9.75. The van der Waals surface area contributed by atoms with Gasteiger partial charge in [-0.1, -0.05) is 44.2 Å². The van der Waals surface area contributed by atoms with Crippen LogP contribution >= 0.6 is 0 Å². The molecule has 0 amide bonds. The smallest absolute Gasteiger partial charge is 0.141 e. The topological polar surface area (TPSA) is 37.8 Å². The van der Waals surface area contributed by atoms with Gasteiger partial charge in [-0.05, 0) is 32.3 Å². The molecule has 2 rings (SSSR count). The number of aromatic nitrogens is 2. The monoisotopic (exact) mass is 283 g/mol. The molecule has 0 fully saturated rings. The fourth-order valence-electron chi connectivity index (χ4n) is 2.92. The van der Waals surface area contributed by atoms with Gasteiger partial charge in [-0.25, -0.2) is 9.97 Å². The van der Waals surface area contributed by atoms with Gasteiger partial charge in [-0.3, -0.25) is 0 Å². The molecule has 1 heterocycles. The Balaban J connectivity index is 2.57. The predicted molar refractivity (Wildman–Crippen MR) is 88.7 cm³/mol. The highest BCUT2D eigenvalue weighted by Gasteiger charge is 2.34. The van der Waals surface area contributed by atoms with E-state index in [-0.39, 0.29) is 5.41 Å². The molecular weight excluding hydrogens is 258 g/mol. The number of hydrogen-bond acceptors (Lipinski definition) is 3. The Morgan fingerprint density at radius 2 is 1.67 bits per heavy atom. The third kappa shape index (κ3) is 3.07. The molecule has 1 aromatic heterocycles. The average molecular weight is 283 g/mol. The average Bonchev–Trinajstić information content (AvgIpc) is 2.50. The van der Waals surface area contributed by atoms with Gasteiger partial charge in [0.2, 0.25) is 0 Å². The number of aryl methyl sites for hydroxylation is 1. The van der Waals surface area contributed by atoms with Crippen molar-refractivity contribution in [2.75, 3.05) is 11.9 Å². The maximum Gasteiger partial charge on any atom is 0.141 e. The third-order valence-corrected chi connectivity index (χ3v) is 4.17. The molecule has 0 atom stereocenters. The Labute approximate surface area is 127 Å². The molecule has 0 saturated carbocycles. The quantitative estimate of drug-likeness (QED) is 0.857. The highest BCUT2D eigenvalue weighted by molar-refractivity contribution is 5.40. The van der Waals surface area contributed by atoms with Gasteiger partial charge in [0.1, 0.15) is 11.6 Å². The molecule has 0 bridgehead atoms. The molecule has 0 saturated heterocycles. The van der Waals surface area contributed by atoms with Crippen molar-refractivity contribution in [1.82, 2.24) is 9.97 Å². The number of anilines is 1. The van der Waals surface area contributed by atoms with Gasteiger partial charge in [-0.2, -0.15) is 0 Å². The van der Waals surface area contributed by atoms with Crippen LogP contribution < -0.4 is 5.32 Å². The molecule has 0 aliphatic rings. The van der Waals surface area contributed by atoms with Crippen molar-refractivity contribution in [3.05, 3.63) is 53.5 Å². The summed E-state index contributed by atoms with van der Waals surface area (Å²) in [5.74, 6) is 1.84. The second-order valence-corrected chi connectivity index (χ2v) is 5.40. The van der Waals surface area contributed by atoms with Crippen LogP contribution in [-0.2, 0) is 5.41 Å².